The zero-order chi connectivity index (χ0) is 14.9. The molecule has 0 unspecified atom stereocenters. The SMILES string of the molecule is Cc1nc(Cl)nc(Nc2cc(Cl)cc(Cl)c2)c1[N+](=O)[O-]. The lowest BCUT2D eigenvalue weighted by atomic mass is 10.3. The van der Waals surface area contributed by atoms with E-state index in [1.165, 1.54) is 6.92 Å². The number of hydrogen-bond acceptors (Lipinski definition) is 5. The number of nitrogens with one attached hydrogen (secondary N) is 1. The Labute approximate surface area is 128 Å². The van der Waals surface area contributed by atoms with E-state index < -0.39 is 4.92 Å². The van der Waals surface area contributed by atoms with Crippen LogP contribution in [-0.2, 0) is 0 Å². The largest absolute Gasteiger partial charge is 0.334 e. The summed E-state index contributed by atoms with van der Waals surface area (Å²) in [5.41, 5.74) is 0.357. The van der Waals surface area contributed by atoms with E-state index in [0.29, 0.717) is 15.7 Å². The van der Waals surface area contributed by atoms with Crippen LogP contribution in [0, 0.1) is 17.0 Å². The van der Waals surface area contributed by atoms with Crippen molar-refractivity contribution in [2.75, 3.05) is 5.32 Å². The predicted molar refractivity (Wildman–Crippen MR) is 78.2 cm³/mol. The number of anilines is 2. The van der Waals surface area contributed by atoms with Crippen molar-refractivity contribution in [3.63, 3.8) is 0 Å². The molecule has 0 amide bonds. The molecule has 0 fully saturated rings. The van der Waals surface area contributed by atoms with Gasteiger partial charge in [-0.05, 0) is 36.7 Å². The standard InChI is InChI=1S/C11H7Cl3N4O2/c1-5-9(18(19)20)10(17-11(14)15-5)16-8-3-6(12)2-7(13)4-8/h2-4H,1H3,(H,15,16,17). The van der Waals surface area contributed by atoms with Crippen LogP contribution >= 0.6 is 34.8 Å². The van der Waals surface area contributed by atoms with Crippen LogP contribution in [0.5, 0.6) is 0 Å². The quantitative estimate of drug-likeness (QED) is 0.511. The predicted octanol–water partition coefficient (Wildman–Crippen LogP) is 4.40. The molecule has 2 aromatic rings. The molecule has 1 N–H and O–H groups in total. The fraction of sp³-hybridized carbons (Fsp3) is 0.0909. The highest BCUT2D eigenvalue weighted by Crippen LogP contribution is 2.31. The first-order valence-electron chi connectivity index (χ1n) is 5.28. The van der Waals surface area contributed by atoms with E-state index in [-0.39, 0.29) is 22.5 Å². The molecule has 0 aliphatic rings. The third-order valence-corrected chi connectivity index (χ3v) is 2.94. The summed E-state index contributed by atoms with van der Waals surface area (Å²) in [5, 5.41) is 14.5. The van der Waals surface area contributed by atoms with Crippen molar-refractivity contribution >= 4 is 52.0 Å². The van der Waals surface area contributed by atoms with E-state index in [9.17, 15) is 10.1 Å². The van der Waals surface area contributed by atoms with Gasteiger partial charge < -0.3 is 5.32 Å². The molecule has 0 spiro atoms. The maximum Gasteiger partial charge on any atom is 0.332 e. The van der Waals surface area contributed by atoms with E-state index in [1.807, 2.05) is 0 Å². The van der Waals surface area contributed by atoms with Crippen molar-refractivity contribution in [2.45, 2.75) is 6.92 Å². The third kappa shape index (κ3) is 3.27. The zero-order valence-electron chi connectivity index (χ0n) is 10.0. The second kappa shape index (κ2) is 5.78. The number of rotatable bonds is 3. The molecule has 2 rings (SSSR count). The molecule has 0 bridgehead atoms. The van der Waals surface area contributed by atoms with Gasteiger partial charge in [0.2, 0.25) is 11.1 Å². The molecule has 0 saturated carbocycles. The second-order valence-electron chi connectivity index (χ2n) is 3.82. The smallest absolute Gasteiger partial charge is 0.332 e. The zero-order valence-corrected chi connectivity index (χ0v) is 12.3. The molecular formula is C11H7Cl3N4O2. The molecule has 1 heterocycles. The monoisotopic (exact) mass is 332 g/mol. The molecular weight excluding hydrogens is 327 g/mol. The Bertz CT molecular complexity index is 673. The van der Waals surface area contributed by atoms with Crippen molar-refractivity contribution in [3.05, 3.63) is 49.3 Å². The van der Waals surface area contributed by atoms with Crippen molar-refractivity contribution in [3.8, 4) is 0 Å². The van der Waals surface area contributed by atoms with Crippen LogP contribution in [0.4, 0.5) is 17.2 Å². The number of hydrogen-bond donors (Lipinski definition) is 1. The Morgan fingerprint density at radius 3 is 2.30 bits per heavy atom. The molecule has 0 saturated heterocycles. The maximum atomic E-state index is 11.1. The molecule has 1 aromatic heterocycles. The van der Waals surface area contributed by atoms with Crippen LogP contribution in [0.3, 0.4) is 0 Å². The van der Waals surface area contributed by atoms with Gasteiger partial charge in [-0.2, -0.15) is 4.98 Å². The van der Waals surface area contributed by atoms with Crippen LogP contribution in [-0.4, -0.2) is 14.9 Å². The summed E-state index contributed by atoms with van der Waals surface area (Å²) in [5.74, 6) is -0.0224. The van der Waals surface area contributed by atoms with Crippen LogP contribution in [0.2, 0.25) is 15.3 Å². The number of nitro groups is 1. The van der Waals surface area contributed by atoms with E-state index in [0.717, 1.165) is 0 Å². The highest BCUT2D eigenvalue weighted by atomic mass is 35.5. The summed E-state index contributed by atoms with van der Waals surface area (Å²) < 4.78 is 0. The number of halogens is 3. The summed E-state index contributed by atoms with van der Waals surface area (Å²) in [6.07, 6.45) is 0. The number of aryl methyl sites for hydroxylation is 1. The maximum absolute atomic E-state index is 11.1. The molecule has 0 aliphatic heterocycles. The van der Waals surface area contributed by atoms with Crippen molar-refractivity contribution in [1.29, 1.82) is 0 Å². The van der Waals surface area contributed by atoms with E-state index in [2.05, 4.69) is 15.3 Å². The Morgan fingerprint density at radius 2 is 1.75 bits per heavy atom. The summed E-state index contributed by atoms with van der Waals surface area (Å²) in [6.45, 7) is 1.47. The van der Waals surface area contributed by atoms with Gasteiger partial charge in [0, 0.05) is 15.7 Å². The van der Waals surface area contributed by atoms with E-state index >= 15 is 0 Å². The number of nitrogens with zero attached hydrogens (tertiary/aromatic N) is 3. The fourth-order valence-corrected chi connectivity index (χ4v) is 2.34. The second-order valence-corrected chi connectivity index (χ2v) is 5.03. The van der Waals surface area contributed by atoms with Gasteiger partial charge in [0.15, 0.2) is 0 Å². The van der Waals surface area contributed by atoms with Gasteiger partial charge in [0.1, 0.15) is 5.69 Å². The minimum Gasteiger partial charge on any atom is -0.334 e. The van der Waals surface area contributed by atoms with Crippen LogP contribution in [0.1, 0.15) is 5.69 Å². The third-order valence-electron chi connectivity index (χ3n) is 2.34. The van der Waals surface area contributed by atoms with Gasteiger partial charge >= 0.3 is 5.69 Å². The number of benzene rings is 1. The molecule has 6 nitrogen and oxygen atoms in total. The lowest BCUT2D eigenvalue weighted by Crippen LogP contribution is -2.04. The van der Waals surface area contributed by atoms with Gasteiger partial charge in [-0.15, -0.1) is 0 Å². The highest BCUT2D eigenvalue weighted by Gasteiger charge is 2.22. The summed E-state index contributed by atoms with van der Waals surface area (Å²) in [7, 11) is 0. The van der Waals surface area contributed by atoms with E-state index in [4.69, 9.17) is 34.8 Å². The summed E-state index contributed by atoms with van der Waals surface area (Å²) in [4.78, 5) is 18.1. The van der Waals surface area contributed by atoms with Gasteiger partial charge in [-0.3, -0.25) is 10.1 Å². The normalized spacial score (nSPS) is 10.4. The molecule has 104 valence electrons. The molecule has 1 aromatic carbocycles. The minimum absolute atomic E-state index is 0.0224. The van der Waals surface area contributed by atoms with Gasteiger partial charge in [-0.1, -0.05) is 23.2 Å². The van der Waals surface area contributed by atoms with Crippen molar-refractivity contribution in [1.82, 2.24) is 9.97 Å². The molecule has 0 atom stereocenters. The molecule has 20 heavy (non-hydrogen) atoms. The highest BCUT2D eigenvalue weighted by molar-refractivity contribution is 6.35. The van der Waals surface area contributed by atoms with Crippen molar-refractivity contribution < 1.29 is 4.92 Å². The van der Waals surface area contributed by atoms with E-state index in [1.54, 1.807) is 18.2 Å². The fourth-order valence-electron chi connectivity index (χ4n) is 1.60. The minimum atomic E-state index is -0.583. The molecule has 0 radical (unpaired) electrons. The number of aromatic nitrogens is 2. The summed E-state index contributed by atoms with van der Waals surface area (Å²) in [6, 6.07) is 4.66. The lowest BCUT2D eigenvalue weighted by Gasteiger charge is -2.08. The first kappa shape index (κ1) is 14.8. The molecule has 0 aliphatic carbocycles. The lowest BCUT2D eigenvalue weighted by molar-refractivity contribution is -0.385. The van der Waals surface area contributed by atoms with Crippen LogP contribution in [0.25, 0.3) is 0 Å². The Balaban J connectivity index is 2.49. The Kier molecular flexibility index (Phi) is 4.27. The first-order valence-corrected chi connectivity index (χ1v) is 6.42. The van der Waals surface area contributed by atoms with Gasteiger partial charge in [0.05, 0.1) is 4.92 Å². The average molecular weight is 334 g/mol. The average Bonchev–Trinajstić information content (AvgIpc) is 2.25. The first-order chi connectivity index (χ1) is 9.36. The molecule has 9 heteroatoms. The van der Waals surface area contributed by atoms with Gasteiger partial charge in [0.25, 0.3) is 0 Å². The Hall–Kier alpha value is -1.63. The van der Waals surface area contributed by atoms with Gasteiger partial charge in [-0.25, -0.2) is 4.98 Å². The van der Waals surface area contributed by atoms with Crippen LogP contribution < -0.4 is 5.32 Å². The topological polar surface area (TPSA) is 81.0 Å². The Morgan fingerprint density at radius 1 is 1.15 bits per heavy atom. The summed E-state index contributed by atoms with van der Waals surface area (Å²) >= 11 is 17.4. The van der Waals surface area contributed by atoms with Crippen LogP contribution in [0.15, 0.2) is 18.2 Å². The van der Waals surface area contributed by atoms with Crippen molar-refractivity contribution in [2.24, 2.45) is 0 Å².